The minimum Gasteiger partial charge on any atom is -0.338 e. The molecule has 1 aromatic heterocycles. The third-order valence-corrected chi connectivity index (χ3v) is 5.67. The maximum absolute atomic E-state index is 12.8. The Kier molecular flexibility index (Phi) is 5.73. The lowest BCUT2D eigenvalue weighted by Crippen LogP contribution is -2.50. The molecule has 0 radical (unpaired) electrons. The van der Waals surface area contributed by atoms with Crippen molar-refractivity contribution in [1.82, 2.24) is 24.8 Å². The van der Waals surface area contributed by atoms with Crippen LogP contribution in [0.4, 0.5) is 0 Å². The molecule has 0 spiro atoms. The Balaban J connectivity index is 1.23. The number of hydrogen-bond donors (Lipinski definition) is 0. The van der Waals surface area contributed by atoms with Gasteiger partial charge in [-0.3, -0.25) is 14.6 Å². The number of nitrogens with zero attached hydrogens (tertiary/aromatic N) is 5. The van der Waals surface area contributed by atoms with Crippen LogP contribution in [-0.2, 0) is 24.3 Å². The van der Waals surface area contributed by atoms with Crippen LogP contribution >= 0.6 is 0 Å². The highest BCUT2D eigenvalue weighted by molar-refractivity contribution is 5.78. The highest BCUT2D eigenvalue weighted by atomic mass is 16.5. The molecule has 1 fully saturated rings. The number of carbonyl (C=O) groups is 1. The first kappa shape index (κ1) is 19.1. The molecule has 1 aromatic carbocycles. The number of hydrogen-bond acceptors (Lipinski definition) is 6. The summed E-state index contributed by atoms with van der Waals surface area (Å²) in [6.07, 6.45) is 0.957. The maximum atomic E-state index is 12.8. The van der Waals surface area contributed by atoms with E-state index in [2.05, 4.69) is 58.1 Å². The summed E-state index contributed by atoms with van der Waals surface area (Å²) in [5.74, 6) is 1.96. The maximum Gasteiger partial charge on any atom is 0.240 e. The number of carbonyl (C=O) groups excluding carboxylic acids is 1. The van der Waals surface area contributed by atoms with Crippen molar-refractivity contribution in [2.24, 2.45) is 0 Å². The predicted octanol–water partition coefficient (Wildman–Crippen LogP) is 1.90. The van der Waals surface area contributed by atoms with Gasteiger partial charge in [0.05, 0.1) is 13.1 Å². The zero-order valence-electron chi connectivity index (χ0n) is 16.8. The number of fused-ring (bicyclic) bond motifs is 1. The molecule has 0 bridgehead atoms. The normalized spacial score (nSPS) is 18.5. The summed E-state index contributed by atoms with van der Waals surface area (Å²) in [5.41, 5.74) is 2.66. The first-order valence-electron chi connectivity index (χ1n) is 10.2. The molecule has 0 unspecified atom stereocenters. The molecule has 0 saturated carbocycles. The molecule has 1 amide bonds. The fraction of sp³-hybridized carbons (Fsp3) is 0.571. The third-order valence-electron chi connectivity index (χ3n) is 5.67. The molecular formula is C21H29N5O2. The monoisotopic (exact) mass is 383 g/mol. The third kappa shape index (κ3) is 4.42. The van der Waals surface area contributed by atoms with Crippen molar-refractivity contribution in [2.45, 2.75) is 39.3 Å². The molecule has 28 heavy (non-hydrogen) atoms. The van der Waals surface area contributed by atoms with Crippen molar-refractivity contribution in [1.29, 1.82) is 0 Å². The van der Waals surface area contributed by atoms with Gasteiger partial charge in [-0.05, 0) is 17.5 Å². The van der Waals surface area contributed by atoms with Gasteiger partial charge in [-0.25, -0.2) is 0 Å². The number of amides is 1. The lowest BCUT2D eigenvalue weighted by atomic mass is 10.00. The fourth-order valence-corrected chi connectivity index (χ4v) is 3.86. The van der Waals surface area contributed by atoms with Crippen LogP contribution < -0.4 is 0 Å². The van der Waals surface area contributed by atoms with Crippen molar-refractivity contribution in [3.8, 4) is 0 Å². The molecule has 0 aliphatic carbocycles. The van der Waals surface area contributed by atoms with Crippen LogP contribution in [0.15, 0.2) is 28.8 Å². The van der Waals surface area contributed by atoms with E-state index in [1.54, 1.807) is 0 Å². The van der Waals surface area contributed by atoms with Crippen LogP contribution in [-0.4, -0.2) is 70.0 Å². The Bertz CT molecular complexity index is 811. The van der Waals surface area contributed by atoms with Crippen LogP contribution in [0.2, 0.25) is 0 Å². The van der Waals surface area contributed by atoms with Gasteiger partial charge in [0.2, 0.25) is 11.8 Å². The van der Waals surface area contributed by atoms with Crippen molar-refractivity contribution < 1.29 is 9.32 Å². The highest BCUT2D eigenvalue weighted by Crippen LogP contribution is 2.19. The van der Waals surface area contributed by atoms with Crippen molar-refractivity contribution in [2.75, 3.05) is 39.3 Å². The smallest absolute Gasteiger partial charge is 0.240 e. The zero-order chi connectivity index (χ0) is 19.5. The summed E-state index contributed by atoms with van der Waals surface area (Å²) in [7, 11) is 0. The number of aromatic nitrogens is 2. The zero-order valence-corrected chi connectivity index (χ0v) is 16.8. The second kappa shape index (κ2) is 8.41. The lowest BCUT2D eigenvalue weighted by Gasteiger charge is -2.35. The van der Waals surface area contributed by atoms with Crippen LogP contribution in [0, 0.1) is 0 Å². The quantitative estimate of drug-likeness (QED) is 0.786. The molecular weight excluding hydrogens is 354 g/mol. The summed E-state index contributed by atoms with van der Waals surface area (Å²) < 4.78 is 5.35. The van der Waals surface area contributed by atoms with E-state index in [0.29, 0.717) is 19.0 Å². The summed E-state index contributed by atoms with van der Waals surface area (Å²) in [5, 5.41) is 4.03. The minimum atomic E-state index is 0.237. The summed E-state index contributed by atoms with van der Waals surface area (Å²) in [4.78, 5) is 23.8. The molecule has 0 N–H and O–H groups in total. The van der Waals surface area contributed by atoms with Gasteiger partial charge in [-0.15, -0.1) is 0 Å². The van der Waals surface area contributed by atoms with E-state index < -0.39 is 0 Å². The number of benzene rings is 1. The van der Waals surface area contributed by atoms with Crippen molar-refractivity contribution in [3.63, 3.8) is 0 Å². The molecule has 3 heterocycles. The van der Waals surface area contributed by atoms with Crippen LogP contribution in [0.5, 0.6) is 0 Å². The lowest BCUT2D eigenvalue weighted by molar-refractivity contribution is -0.133. The first-order chi connectivity index (χ1) is 13.6. The number of piperazine rings is 1. The molecule has 7 heteroatoms. The highest BCUT2D eigenvalue weighted by Gasteiger charge is 2.25. The average molecular weight is 383 g/mol. The van der Waals surface area contributed by atoms with Gasteiger partial charge in [0.15, 0.2) is 5.82 Å². The van der Waals surface area contributed by atoms with Gasteiger partial charge >= 0.3 is 0 Å². The Labute approximate surface area is 166 Å². The molecule has 4 rings (SSSR count). The Morgan fingerprint density at radius 3 is 2.50 bits per heavy atom. The SMILES string of the molecule is CC(C)c1noc(CN2CCN(CC(=O)N3CCc4ccccc4C3)CC2)n1. The van der Waals surface area contributed by atoms with Crippen molar-refractivity contribution >= 4 is 5.91 Å². The first-order valence-corrected chi connectivity index (χ1v) is 10.2. The Morgan fingerprint density at radius 2 is 1.79 bits per heavy atom. The van der Waals surface area contributed by atoms with Gasteiger partial charge in [0, 0.05) is 45.2 Å². The van der Waals surface area contributed by atoms with E-state index in [4.69, 9.17) is 4.52 Å². The van der Waals surface area contributed by atoms with Crippen LogP contribution in [0.3, 0.4) is 0 Å². The van der Waals surface area contributed by atoms with Gasteiger partial charge < -0.3 is 9.42 Å². The van der Waals surface area contributed by atoms with E-state index in [0.717, 1.165) is 51.5 Å². The molecule has 2 aromatic rings. The van der Waals surface area contributed by atoms with Gasteiger partial charge in [-0.2, -0.15) is 4.98 Å². The van der Waals surface area contributed by atoms with Gasteiger partial charge in [0.1, 0.15) is 0 Å². The summed E-state index contributed by atoms with van der Waals surface area (Å²) in [6.45, 7) is 10.5. The molecule has 2 aliphatic heterocycles. The van der Waals surface area contributed by atoms with Gasteiger partial charge in [0.25, 0.3) is 0 Å². The topological polar surface area (TPSA) is 65.7 Å². The van der Waals surface area contributed by atoms with E-state index in [1.807, 2.05) is 4.90 Å². The fourth-order valence-electron chi connectivity index (χ4n) is 3.86. The second-order valence-electron chi connectivity index (χ2n) is 8.09. The van der Waals surface area contributed by atoms with Crippen molar-refractivity contribution in [3.05, 3.63) is 47.1 Å². The second-order valence-corrected chi connectivity index (χ2v) is 8.09. The molecule has 1 saturated heterocycles. The Hall–Kier alpha value is -2.25. The van der Waals surface area contributed by atoms with E-state index >= 15 is 0 Å². The predicted molar refractivity (Wildman–Crippen MR) is 106 cm³/mol. The molecule has 2 aliphatic rings. The standard InChI is InChI=1S/C21H29N5O2/c1-16(2)21-22-19(28-23-21)14-24-9-11-25(12-10-24)15-20(27)26-8-7-17-5-3-4-6-18(17)13-26/h3-6,16H,7-15H2,1-2H3. The molecule has 0 atom stereocenters. The minimum absolute atomic E-state index is 0.237. The molecule has 150 valence electrons. The molecule has 7 nitrogen and oxygen atoms in total. The van der Waals surface area contributed by atoms with E-state index in [9.17, 15) is 4.79 Å². The van der Waals surface area contributed by atoms with E-state index in [1.165, 1.54) is 11.1 Å². The average Bonchev–Trinajstić information content (AvgIpc) is 3.18. The number of rotatable bonds is 5. The van der Waals surface area contributed by atoms with Crippen LogP contribution in [0.25, 0.3) is 0 Å². The van der Waals surface area contributed by atoms with E-state index in [-0.39, 0.29) is 11.8 Å². The summed E-state index contributed by atoms with van der Waals surface area (Å²) >= 11 is 0. The van der Waals surface area contributed by atoms with Crippen LogP contribution in [0.1, 0.15) is 42.6 Å². The Morgan fingerprint density at radius 1 is 1.07 bits per heavy atom. The van der Waals surface area contributed by atoms with Gasteiger partial charge in [-0.1, -0.05) is 43.3 Å². The summed E-state index contributed by atoms with van der Waals surface area (Å²) in [6, 6.07) is 8.44. The largest absolute Gasteiger partial charge is 0.338 e.